The molecule has 3 N–H and O–H groups in total. The molecule has 1 aliphatic rings. The number of unbranched alkanes of at least 4 members (excludes halogenated alkanes) is 1. The van der Waals surface area contributed by atoms with Gasteiger partial charge in [0.25, 0.3) is 0 Å². The fourth-order valence-corrected chi connectivity index (χ4v) is 0.720. The molecule has 1 heterocycles. The average Bonchev–Trinajstić information content (AvgIpc) is 2.10. The number of rotatable bonds is 2. The lowest BCUT2D eigenvalue weighted by Gasteiger charge is -2.10. The van der Waals surface area contributed by atoms with E-state index in [4.69, 9.17) is 10.5 Å². The number of hydrogen-bond acceptors (Lipinski definition) is 3. The smallest absolute Gasteiger partial charge is 0.0591 e. The Hall–Kier alpha value is -0.120. The highest BCUT2D eigenvalue weighted by molar-refractivity contribution is 4.49. The third kappa shape index (κ3) is 9.88. The van der Waals surface area contributed by atoms with E-state index in [1.165, 1.54) is 12.8 Å². The first-order chi connectivity index (χ1) is 5.41. The van der Waals surface area contributed by atoms with Gasteiger partial charge in [0.15, 0.2) is 0 Å². The standard InChI is InChI=1S/C4H9NO.C4H11N/c1-3-6-4-2-5-1;1-2-3-4-5/h5H,1-4H2;2-5H2,1H3. The molecular formula is C8H20N2O. The maximum absolute atomic E-state index is 5.14. The number of nitrogens with two attached hydrogens (primary N) is 1. The molecule has 68 valence electrons. The highest BCUT2D eigenvalue weighted by Gasteiger charge is 1.92. The van der Waals surface area contributed by atoms with Crippen molar-refractivity contribution in [3.63, 3.8) is 0 Å². The van der Waals surface area contributed by atoms with Gasteiger partial charge in [0.2, 0.25) is 0 Å². The molecule has 0 aromatic rings. The predicted molar refractivity (Wildman–Crippen MR) is 47.7 cm³/mol. The van der Waals surface area contributed by atoms with Crippen molar-refractivity contribution in [1.29, 1.82) is 0 Å². The minimum Gasteiger partial charge on any atom is -0.379 e. The first-order valence-corrected chi connectivity index (χ1v) is 4.40. The van der Waals surface area contributed by atoms with E-state index in [-0.39, 0.29) is 0 Å². The van der Waals surface area contributed by atoms with Crippen LogP contribution in [0.4, 0.5) is 0 Å². The number of morpholine rings is 1. The monoisotopic (exact) mass is 160 g/mol. The van der Waals surface area contributed by atoms with Crippen LogP contribution in [0, 0.1) is 0 Å². The molecule has 0 atom stereocenters. The molecule has 1 rings (SSSR count). The minimum atomic E-state index is 0.844. The SMILES string of the molecule is C1COCCN1.CCCCN. The van der Waals surface area contributed by atoms with Gasteiger partial charge in [-0.15, -0.1) is 0 Å². The van der Waals surface area contributed by atoms with Gasteiger partial charge in [-0.25, -0.2) is 0 Å². The van der Waals surface area contributed by atoms with Gasteiger partial charge in [-0.1, -0.05) is 13.3 Å². The highest BCUT2D eigenvalue weighted by Crippen LogP contribution is 1.77. The first-order valence-electron chi connectivity index (χ1n) is 4.40. The van der Waals surface area contributed by atoms with E-state index in [2.05, 4.69) is 12.2 Å². The quantitative estimate of drug-likeness (QED) is 0.613. The zero-order valence-electron chi connectivity index (χ0n) is 7.44. The second-order valence-electron chi connectivity index (χ2n) is 2.50. The molecule has 1 fully saturated rings. The molecule has 0 amide bonds. The zero-order chi connectivity index (χ0) is 8.36. The Morgan fingerprint density at radius 2 is 2.00 bits per heavy atom. The summed E-state index contributed by atoms with van der Waals surface area (Å²) in [6.07, 6.45) is 2.39. The first kappa shape index (κ1) is 10.9. The molecule has 0 aromatic carbocycles. The van der Waals surface area contributed by atoms with Crippen LogP contribution in [0.1, 0.15) is 19.8 Å². The Bertz CT molecular complexity index is 51.6. The van der Waals surface area contributed by atoms with Crippen LogP contribution in [0.3, 0.4) is 0 Å². The van der Waals surface area contributed by atoms with Gasteiger partial charge < -0.3 is 15.8 Å². The van der Waals surface area contributed by atoms with Crippen molar-refractivity contribution in [2.24, 2.45) is 5.73 Å². The van der Waals surface area contributed by atoms with Crippen LogP contribution in [0.5, 0.6) is 0 Å². The van der Waals surface area contributed by atoms with Crippen molar-refractivity contribution in [3.8, 4) is 0 Å². The number of hydrogen-bond donors (Lipinski definition) is 2. The van der Waals surface area contributed by atoms with E-state index in [0.29, 0.717) is 0 Å². The summed E-state index contributed by atoms with van der Waals surface area (Å²) in [7, 11) is 0. The van der Waals surface area contributed by atoms with E-state index < -0.39 is 0 Å². The normalized spacial score (nSPS) is 16.9. The van der Waals surface area contributed by atoms with E-state index in [9.17, 15) is 0 Å². The molecule has 11 heavy (non-hydrogen) atoms. The molecule has 0 unspecified atom stereocenters. The Labute approximate surface area is 69.3 Å². The highest BCUT2D eigenvalue weighted by atomic mass is 16.5. The lowest BCUT2D eigenvalue weighted by atomic mass is 10.3. The molecule has 3 nitrogen and oxygen atoms in total. The molecule has 1 aliphatic heterocycles. The summed E-state index contributed by atoms with van der Waals surface area (Å²) in [6.45, 7) is 6.81. The summed E-state index contributed by atoms with van der Waals surface area (Å²) in [6, 6.07) is 0. The molecule has 0 spiro atoms. The summed E-state index contributed by atoms with van der Waals surface area (Å²) >= 11 is 0. The Kier molecular flexibility index (Phi) is 9.77. The van der Waals surface area contributed by atoms with Gasteiger partial charge in [0.05, 0.1) is 13.2 Å². The molecule has 0 saturated carbocycles. The number of ether oxygens (including phenoxy) is 1. The Morgan fingerprint density at radius 1 is 1.36 bits per heavy atom. The van der Waals surface area contributed by atoms with Crippen molar-refractivity contribution in [2.45, 2.75) is 19.8 Å². The summed E-state index contributed by atoms with van der Waals surface area (Å²) in [5.74, 6) is 0. The van der Waals surface area contributed by atoms with Gasteiger partial charge in [-0.3, -0.25) is 0 Å². The van der Waals surface area contributed by atoms with Crippen molar-refractivity contribution in [1.82, 2.24) is 5.32 Å². The third-order valence-corrected chi connectivity index (χ3v) is 1.40. The lowest BCUT2D eigenvalue weighted by Crippen LogP contribution is -2.30. The van der Waals surface area contributed by atoms with E-state index in [1.807, 2.05) is 0 Å². The fourth-order valence-electron chi connectivity index (χ4n) is 0.720. The molecule has 0 radical (unpaired) electrons. The van der Waals surface area contributed by atoms with Gasteiger partial charge in [-0.05, 0) is 13.0 Å². The topological polar surface area (TPSA) is 47.3 Å². The molecule has 1 saturated heterocycles. The van der Waals surface area contributed by atoms with Crippen molar-refractivity contribution >= 4 is 0 Å². The third-order valence-electron chi connectivity index (χ3n) is 1.40. The molecule has 0 aromatic heterocycles. The lowest BCUT2D eigenvalue weighted by molar-refractivity contribution is 0.109. The zero-order valence-corrected chi connectivity index (χ0v) is 7.44. The van der Waals surface area contributed by atoms with Crippen LogP contribution in [-0.4, -0.2) is 32.8 Å². The van der Waals surface area contributed by atoms with Crippen molar-refractivity contribution < 1.29 is 4.74 Å². The maximum atomic E-state index is 5.14. The van der Waals surface area contributed by atoms with E-state index in [1.54, 1.807) is 0 Å². The van der Waals surface area contributed by atoms with Crippen LogP contribution in [0.25, 0.3) is 0 Å². The van der Waals surface area contributed by atoms with Crippen LogP contribution in [-0.2, 0) is 4.74 Å². The molecular weight excluding hydrogens is 140 g/mol. The van der Waals surface area contributed by atoms with Gasteiger partial charge in [0.1, 0.15) is 0 Å². The maximum Gasteiger partial charge on any atom is 0.0591 e. The van der Waals surface area contributed by atoms with E-state index >= 15 is 0 Å². The van der Waals surface area contributed by atoms with Crippen LogP contribution in [0.2, 0.25) is 0 Å². The number of nitrogens with one attached hydrogen (secondary N) is 1. The van der Waals surface area contributed by atoms with Gasteiger partial charge >= 0.3 is 0 Å². The molecule has 3 heteroatoms. The van der Waals surface area contributed by atoms with Gasteiger partial charge in [-0.2, -0.15) is 0 Å². The van der Waals surface area contributed by atoms with Crippen molar-refractivity contribution in [2.75, 3.05) is 32.8 Å². The Balaban J connectivity index is 0.000000187. The van der Waals surface area contributed by atoms with Crippen LogP contribution >= 0.6 is 0 Å². The second kappa shape index (κ2) is 9.88. The summed E-state index contributed by atoms with van der Waals surface area (Å²) in [4.78, 5) is 0. The fraction of sp³-hybridized carbons (Fsp3) is 1.00. The minimum absolute atomic E-state index is 0.844. The van der Waals surface area contributed by atoms with Crippen molar-refractivity contribution in [3.05, 3.63) is 0 Å². The summed E-state index contributed by atoms with van der Waals surface area (Å²) in [5.41, 5.74) is 5.14. The Morgan fingerprint density at radius 3 is 2.09 bits per heavy atom. The van der Waals surface area contributed by atoms with Crippen LogP contribution < -0.4 is 11.1 Å². The largest absolute Gasteiger partial charge is 0.379 e. The predicted octanol–water partition coefficient (Wildman–Crippen LogP) is 0.351. The second-order valence-corrected chi connectivity index (χ2v) is 2.50. The average molecular weight is 160 g/mol. The molecule has 0 bridgehead atoms. The summed E-state index contributed by atoms with van der Waals surface area (Å²) in [5, 5.41) is 3.16. The summed E-state index contributed by atoms with van der Waals surface area (Å²) < 4.78 is 5.01. The van der Waals surface area contributed by atoms with Gasteiger partial charge in [0, 0.05) is 13.1 Å². The van der Waals surface area contributed by atoms with Crippen LogP contribution in [0.15, 0.2) is 0 Å². The van der Waals surface area contributed by atoms with E-state index in [0.717, 1.165) is 32.8 Å². The molecule has 0 aliphatic carbocycles.